The fourth-order valence-electron chi connectivity index (χ4n) is 1.36. The van der Waals surface area contributed by atoms with E-state index in [1.54, 1.807) is 24.3 Å². The van der Waals surface area contributed by atoms with Crippen molar-refractivity contribution in [1.82, 2.24) is 0 Å². The first kappa shape index (κ1) is 15.0. The lowest BCUT2D eigenvalue weighted by atomic mass is 10.1. The molecule has 0 aliphatic carbocycles. The molecule has 18 heavy (non-hydrogen) atoms. The molecule has 5 N–H and O–H groups in total. The van der Waals surface area contributed by atoms with Crippen molar-refractivity contribution < 1.29 is 30.3 Å². The van der Waals surface area contributed by atoms with E-state index in [0.717, 1.165) is 5.56 Å². The predicted molar refractivity (Wildman–Crippen MR) is 62.3 cm³/mol. The largest absolute Gasteiger partial charge is 0.394 e. The van der Waals surface area contributed by atoms with Gasteiger partial charge in [0.2, 0.25) is 0 Å². The van der Waals surface area contributed by atoms with Gasteiger partial charge in [-0.25, -0.2) is 0 Å². The van der Waals surface area contributed by atoms with Crippen LogP contribution in [0.4, 0.5) is 0 Å². The Morgan fingerprint density at radius 1 is 0.944 bits per heavy atom. The molecule has 0 amide bonds. The van der Waals surface area contributed by atoms with E-state index in [4.69, 9.17) is 14.9 Å². The van der Waals surface area contributed by atoms with Gasteiger partial charge < -0.3 is 30.3 Å². The van der Waals surface area contributed by atoms with Crippen molar-refractivity contribution in [2.45, 2.75) is 31.2 Å². The first-order chi connectivity index (χ1) is 8.56. The van der Waals surface area contributed by atoms with Crippen molar-refractivity contribution in [3.05, 3.63) is 35.9 Å². The molecule has 102 valence electrons. The zero-order valence-electron chi connectivity index (χ0n) is 9.75. The van der Waals surface area contributed by atoms with Gasteiger partial charge >= 0.3 is 0 Å². The van der Waals surface area contributed by atoms with Gasteiger partial charge in [0.25, 0.3) is 0 Å². The van der Waals surface area contributed by atoms with Gasteiger partial charge in [-0.2, -0.15) is 0 Å². The maximum Gasteiger partial charge on any atom is 0.183 e. The van der Waals surface area contributed by atoms with Crippen molar-refractivity contribution in [3.8, 4) is 0 Å². The first-order valence-electron chi connectivity index (χ1n) is 5.55. The van der Waals surface area contributed by atoms with Gasteiger partial charge in [-0.1, -0.05) is 30.3 Å². The molecule has 0 saturated heterocycles. The van der Waals surface area contributed by atoms with Crippen LogP contribution in [0.25, 0.3) is 0 Å². The fraction of sp³-hybridized carbons (Fsp3) is 0.500. The molecule has 0 aliphatic rings. The Morgan fingerprint density at radius 3 is 2.11 bits per heavy atom. The molecule has 1 aromatic carbocycles. The Hall–Kier alpha value is -1.02. The van der Waals surface area contributed by atoms with Crippen LogP contribution in [0.5, 0.6) is 0 Å². The summed E-state index contributed by atoms with van der Waals surface area (Å²) in [7, 11) is 0. The lowest BCUT2D eigenvalue weighted by molar-refractivity contribution is -0.209. The minimum atomic E-state index is -1.70. The minimum absolute atomic E-state index is 0.0566. The SMILES string of the molecule is OC[C@H](O)[C@@H](O)[C@H](O)C(O)OCc1ccccc1. The molecule has 0 aliphatic heterocycles. The van der Waals surface area contributed by atoms with Gasteiger partial charge in [-0.15, -0.1) is 0 Å². The van der Waals surface area contributed by atoms with Crippen LogP contribution >= 0.6 is 0 Å². The topological polar surface area (TPSA) is 110 Å². The van der Waals surface area contributed by atoms with Gasteiger partial charge in [0.15, 0.2) is 6.29 Å². The van der Waals surface area contributed by atoms with Gasteiger partial charge in [0, 0.05) is 0 Å². The highest BCUT2D eigenvalue weighted by Crippen LogP contribution is 2.09. The second-order valence-electron chi connectivity index (χ2n) is 3.92. The molecule has 0 spiro atoms. The Labute approximate surface area is 105 Å². The van der Waals surface area contributed by atoms with E-state index in [0.29, 0.717) is 0 Å². The van der Waals surface area contributed by atoms with Crippen LogP contribution in [-0.2, 0) is 11.3 Å². The molecule has 6 heteroatoms. The molecule has 0 aromatic heterocycles. The van der Waals surface area contributed by atoms with E-state index in [1.165, 1.54) is 0 Å². The highest BCUT2D eigenvalue weighted by molar-refractivity contribution is 5.13. The molecular weight excluding hydrogens is 240 g/mol. The summed E-state index contributed by atoms with van der Waals surface area (Å²) in [5, 5.41) is 46.0. The van der Waals surface area contributed by atoms with Crippen LogP contribution in [-0.4, -0.2) is 56.7 Å². The molecule has 0 radical (unpaired) electrons. The van der Waals surface area contributed by atoms with Crippen molar-refractivity contribution in [3.63, 3.8) is 0 Å². The summed E-state index contributed by atoms with van der Waals surface area (Å²) < 4.78 is 4.96. The predicted octanol–water partition coefficient (Wildman–Crippen LogP) is -1.40. The number of benzene rings is 1. The summed E-state index contributed by atoms with van der Waals surface area (Å²) in [4.78, 5) is 0. The molecule has 0 bridgehead atoms. The molecule has 0 saturated carbocycles. The second-order valence-corrected chi connectivity index (χ2v) is 3.92. The summed E-state index contributed by atoms with van der Waals surface area (Å²) >= 11 is 0. The average molecular weight is 258 g/mol. The zero-order chi connectivity index (χ0) is 13.5. The molecule has 0 heterocycles. The number of aliphatic hydroxyl groups is 5. The van der Waals surface area contributed by atoms with Crippen molar-refractivity contribution in [2.24, 2.45) is 0 Å². The van der Waals surface area contributed by atoms with Crippen LogP contribution in [0, 0.1) is 0 Å². The van der Waals surface area contributed by atoms with E-state index < -0.39 is 31.2 Å². The number of rotatable bonds is 7. The summed E-state index contributed by atoms with van der Waals surface area (Å²) in [5.74, 6) is 0. The smallest absolute Gasteiger partial charge is 0.183 e. The second kappa shape index (κ2) is 7.42. The van der Waals surface area contributed by atoms with E-state index in [-0.39, 0.29) is 6.61 Å². The first-order valence-corrected chi connectivity index (χ1v) is 5.55. The van der Waals surface area contributed by atoms with E-state index >= 15 is 0 Å². The summed E-state index contributed by atoms with van der Waals surface area (Å²) in [5.41, 5.74) is 0.793. The van der Waals surface area contributed by atoms with E-state index in [1.807, 2.05) is 6.07 Å². The third kappa shape index (κ3) is 4.34. The quantitative estimate of drug-likeness (QED) is 0.385. The number of hydrogen-bond donors (Lipinski definition) is 5. The molecular formula is C12H18O6. The maximum atomic E-state index is 9.47. The monoisotopic (exact) mass is 258 g/mol. The highest BCUT2D eigenvalue weighted by Gasteiger charge is 2.30. The molecule has 6 nitrogen and oxygen atoms in total. The third-order valence-corrected chi connectivity index (χ3v) is 2.49. The fourth-order valence-corrected chi connectivity index (χ4v) is 1.36. The third-order valence-electron chi connectivity index (χ3n) is 2.49. The lowest BCUT2D eigenvalue weighted by Crippen LogP contribution is -2.46. The van der Waals surface area contributed by atoms with Crippen molar-refractivity contribution in [2.75, 3.05) is 6.61 Å². The van der Waals surface area contributed by atoms with Crippen LogP contribution in [0.2, 0.25) is 0 Å². The number of hydrogen-bond acceptors (Lipinski definition) is 6. The summed E-state index contributed by atoms with van der Waals surface area (Å²) in [6.07, 6.45) is -6.56. The van der Waals surface area contributed by atoms with Gasteiger partial charge in [0.05, 0.1) is 13.2 Å². The van der Waals surface area contributed by atoms with Crippen LogP contribution < -0.4 is 0 Å². The van der Waals surface area contributed by atoms with E-state index in [9.17, 15) is 15.3 Å². The average Bonchev–Trinajstić information content (AvgIpc) is 2.43. The van der Waals surface area contributed by atoms with Crippen LogP contribution in [0.15, 0.2) is 30.3 Å². The van der Waals surface area contributed by atoms with Gasteiger partial charge in [-0.05, 0) is 5.56 Å². The maximum absolute atomic E-state index is 9.47. The minimum Gasteiger partial charge on any atom is -0.394 e. The lowest BCUT2D eigenvalue weighted by Gasteiger charge is -2.25. The van der Waals surface area contributed by atoms with Crippen LogP contribution in [0.1, 0.15) is 5.56 Å². The molecule has 0 fully saturated rings. The Balaban J connectivity index is 2.42. The number of aliphatic hydroxyl groups excluding tert-OH is 5. The normalized spacial score (nSPS) is 18.1. The Bertz CT molecular complexity index is 331. The Morgan fingerprint density at radius 2 is 1.56 bits per heavy atom. The zero-order valence-corrected chi connectivity index (χ0v) is 9.75. The molecule has 4 atom stereocenters. The standard InChI is InChI=1S/C12H18O6/c13-6-9(14)10(15)11(16)12(17)18-7-8-4-2-1-3-5-8/h1-5,9-17H,6-7H2/t9-,10+,11-,12?/m0/s1. The van der Waals surface area contributed by atoms with Gasteiger partial charge in [0.1, 0.15) is 18.3 Å². The summed E-state index contributed by atoms with van der Waals surface area (Å²) in [6.45, 7) is -0.662. The van der Waals surface area contributed by atoms with Crippen LogP contribution in [0.3, 0.4) is 0 Å². The van der Waals surface area contributed by atoms with E-state index in [2.05, 4.69) is 0 Å². The molecule has 1 unspecified atom stereocenters. The Kier molecular flexibility index (Phi) is 6.20. The summed E-state index contributed by atoms with van der Waals surface area (Å²) in [6, 6.07) is 8.98. The highest BCUT2D eigenvalue weighted by atomic mass is 16.6. The van der Waals surface area contributed by atoms with Crippen molar-refractivity contribution in [1.29, 1.82) is 0 Å². The molecule has 1 rings (SSSR count). The molecule has 1 aromatic rings. The van der Waals surface area contributed by atoms with Gasteiger partial charge in [-0.3, -0.25) is 0 Å². The number of ether oxygens (including phenoxy) is 1. The van der Waals surface area contributed by atoms with Crippen molar-refractivity contribution >= 4 is 0 Å².